The van der Waals surface area contributed by atoms with Crippen LogP contribution in [0, 0.1) is 5.92 Å². The van der Waals surface area contributed by atoms with Crippen LogP contribution in [-0.4, -0.2) is 48.6 Å². The van der Waals surface area contributed by atoms with E-state index < -0.39 is 23.5 Å². The number of benzene rings is 1. The number of likely N-dealkylation sites (tertiary alicyclic amines) is 1. The monoisotopic (exact) mass is 508 g/mol. The minimum absolute atomic E-state index is 0.0337. The van der Waals surface area contributed by atoms with Crippen LogP contribution < -0.4 is 10.6 Å². The summed E-state index contributed by atoms with van der Waals surface area (Å²) in [6.45, 7) is 0.605. The fourth-order valence-corrected chi connectivity index (χ4v) is 4.50. The predicted molar refractivity (Wildman–Crippen MR) is 115 cm³/mol. The summed E-state index contributed by atoms with van der Waals surface area (Å²) in [5, 5.41) is 4.69. The molecule has 186 valence electrons. The van der Waals surface area contributed by atoms with Crippen molar-refractivity contribution in [3.63, 3.8) is 0 Å². The van der Waals surface area contributed by atoms with Gasteiger partial charge in [-0.2, -0.15) is 26.3 Å². The molecule has 0 bridgehead atoms. The maximum atomic E-state index is 13.4. The molecule has 6 nitrogen and oxygen atoms in total. The highest BCUT2D eigenvalue weighted by Crippen LogP contribution is 2.38. The molecule has 0 radical (unpaired) electrons. The van der Waals surface area contributed by atoms with Crippen molar-refractivity contribution < 1.29 is 35.9 Å². The van der Waals surface area contributed by atoms with Crippen molar-refractivity contribution in [2.24, 2.45) is 10.9 Å². The van der Waals surface area contributed by atoms with Gasteiger partial charge in [-0.05, 0) is 61.3 Å². The second kappa shape index (κ2) is 10.4. The molecule has 3 rings (SSSR count). The lowest BCUT2D eigenvalue weighted by Gasteiger charge is -2.31. The molecule has 2 fully saturated rings. The Balaban J connectivity index is 1.66. The molecule has 2 aliphatic rings. The number of aliphatic imine (C=N–C) groups is 1. The number of likely N-dealkylation sites (N-methyl/N-ethyl adjacent to an activating group) is 1. The zero-order chi connectivity index (χ0) is 25.1. The summed E-state index contributed by atoms with van der Waals surface area (Å²) in [6, 6.07) is 1.72. The third kappa shape index (κ3) is 6.75. The highest BCUT2D eigenvalue weighted by molar-refractivity contribution is 8.18. The molecule has 13 heteroatoms. The number of amides is 2. The van der Waals surface area contributed by atoms with Crippen molar-refractivity contribution in [1.82, 2.24) is 15.5 Å². The van der Waals surface area contributed by atoms with Gasteiger partial charge in [0.15, 0.2) is 0 Å². The van der Waals surface area contributed by atoms with Crippen LogP contribution in [0.4, 0.5) is 31.1 Å². The molecule has 2 amide bonds. The Morgan fingerprint density at radius 3 is 2.47 bits per heavy atom. The van der Waals surface area contributed by atoms with Crippen LogP contribution in [0.5, 0.6) is 0 Å². The van der Waals surface area contributed by atoms with Gasteiger partial charge in [-0.15, -0.1) is 0 Å². The van der Waals surface area contributed by atoms with E-state index in [0.717, 1.165) is 17.8 Å². The summed E-state index contributed by atoms with van der Waals surface area (Å²) in [7, 11) is 1.47. The number of hydrogen-bond acceptors (Lipinski definition) is 5. The fraction of sp³-hybridized carbons (Fsp3) is 0.476. The average molecular weight is 508 g/mol. The molecule has 0 unspecified atom stereocenters. The fourth-order valence-electron chi connectivity index (χ4n) is 3.68. The van der Waals surface area contributed by atoms with Crippen LogP contribution in [0.15, 0.2) is 34.2 Å². The van der Waals surface area contributed by atoms with Crippen LogP contribution in [0.3, 0.4) is 0 Å². The number of allylic oxidation sites excluding steroid dienone is 1. The molecule has 0 saturated carbocycles. The zero-order valence-corrected chi connectivity index (χ0v) is 18.8. The van der Waals surface area contributed by atoms with E-state index in [1.165, 1.54) is 7.05 Å². The van der Waals surface area contributed by atoms with Crippen molar-refractivity contribution in [1.29, 1.82) is 0 Å². The Hall–Kier alpha value is -2.54. The third-order valence-electron chi connectivity index (χ3n) is 5.47. The first-order valence-corrected chi connectivity index (χ1v) is 11.1. The topological polar surface area (TPSA) is 73.8 Å². The minimum atomic E-state index is -4.90. The summed E-state index contributed by atoms with van der Waals surface area (Å²) < 4.78 is 78.8. The number of carbonyl (C=O) groups is 2. The summed E-state index contributed by atoms with van der Waals surface area (Å²) in [4.78, 5) is 29.6. The first kappa shape index (κ1) is 26.1. The Bertz CT molecular complexity index is 998. The van der Waals surface area contributed by atoms with E-state index in [2.05, 4.69) is 15.6 Å². The van der Waals surface area contributed by atoms with E-state index in [-0.39, 0.29) is 41.8 Å². The van der Waals surface area contributed by atoms with Crippen molar-refractivity contribution in [3.05, 3.63) is 45.9 Å². The number of alkyl halides is 6. The van der Waals surface area contributed by atoms with E-state index in [1.54, 1.807) is 4.90 Å². The summed E-state index contributed by atoms with van der Waals surface area (Å²) in [6.07, 6.45) is -6.72. The molecule has 2 N–H and O–H groups in total. The minimum Gasteiger partial charge on any atom is -0.358 e. The maximum absolute atomic E-state index is 13.4. The van der Waals surface area contributed by atoms with Crippen LogP contribution in [-0.2, 0) is 23.7 Å². The van der Waals surface area contributed by atoms with Gasteiger partial charge in [-0.3, -0.25) is 19.5 Å². The first-order valence-electron chi connectivity index (χ1n) is 10.3. The van der Waals surface area contributed by atoms with Gasteiger partial charge in [0.25, 0.3) is 5.24 Å². The quantitative estimate of drug-likeness (QED) is 0.578. The van der Waals surface area contributed by atoms with Gasteiger partial charge in [0.1, 0.15) is 12.4 Å². The zero-order valence-electron chi connectivity index (χ0n) is 18.0. The number of hydrogen-bond donors (Lipinski definition) is 2. The smallest absolute Gasteiger partial charge is 0.358 e. The first-order chi connectivity index (χ1) is 15.9. The van der Waals surface area contributed by atoms with Crippen LogP contribution >= 0.6 is 11.8 Å². The lowest BCUT2D eigenvalue weighted by atomic mass is 9.95. The highest BCUT2D eigenvalue weighted by Gasteiger charge is 2.38. The van der Waals surface area contributed by atoms with Gasteiger partial charge in [0.2, 0.25) is 5.91 Å². The maximum Gasteiger partial charge on any atom is 0.416 e. The molecule has 2 aliphatic heterocycles. The third-order valence-corrected chi connectivity index (χ3v) is 6.31. The van der Waals surface area contributed by atoms with E-state index in [4.69, 9.17) is 0 Å². The molecule has 0 spiro atoms. The Morgan fingerprint density at radius 1 is 1.21 bits per heavy atom. The van der Waals surface area contributed by atoms with Gasteiger partial charge in [-0.1, -0.05) is 12.1 Å². The number of nitrogens with zero attached hydrogens (tertiary/aromatic N) is 2. The average Bonchev–Trinajstić information content (AvgIpc) is 3.11. The summed E-state index contributed by atoms with van der Waals surface area (Å²) >= 11 is 0.956. The van der Waals surface area contributed by atoms with Crippen LogP contribution in [0.2, 0.25) is 0 Å². The van der Waals surface area contributed by atoms with Crippen molar-refractivity contribution in [3.8, 4) is 0 Å². The van der Waals surface area contributed by atoms with Gasteiger partial charge < -0.3 is 10.6 Å². The molecular formula is C21H22F6N4O2S. The standard InChI is InChI=1S/C21H22F6N4O2S/c1-28-17(32)10-29-18-16(34-19(33)30-18)8-12-4-6-31(7-5-12)11-13-2-3-14(20(22,23)24)9-15(13)21(25,26)27/h2-3,8-9,12H,4-7,10-11H2,1H3,(H,28,32)(H,29,30,33). The molecular weight excluding hydrogens is 486 g/mol. The number of rotatable bonds is 5. The molecule has 2 heterocycles. The summed E-state index contributed by atoms with van der Waals surface area (Å²) in [5.74, 6) is 0.0275. The molecule has 2 saturated heterocycles. The number of carbonyl (C=O) groups excluding carboxylic acids is 2. The van der Waals surface area contributed by atoms with E-state index in [1.807, 2.05) is 6.08 Å². The van der Waals surface area contributed by atoms with Gasteiger partial charge >= 0.3 is 12.4 Å². The van der Waals surface area contributed by atoms with Crippen LogP contribution in [0.25, 0.3) is 0 Å². The second-order valence-electron chi connectivity index (χ2n) is 7.86. The second-order valence-corrected chi connectivity index (χ2v) is 8.88. The highest BCUT2D eigenvalue weighted by atomic mass is 32.2. The largest absolute Gasteiger partial charge is 0.416 e. The van der Waals surface area contributed by atoms with Crippen LogP contribution in [0.1, 0.15) is 29.5 Å². The summed E-state index contributed by atoms with van der Waals surface area (Å²) in [5.41, 5.74) is -2.82. The molecule has 1 aromatic rings. The lowest BCUT2D eigenvalue weighted by Crippen LogP contribution is -2.33. The lowest BCUT2D eigenvalue weighted by molar-refractivity contribution is -0.143. The van der Waals surface area contributed by atoms with E-state index in [9.17, 15) is 35.9 Å². The number of nitrogens with one attached hydrogen (secondary N) is 2. The van der Waals surface area contributed by atoms with E-state index in [0.29, 0.717) is 42.7 Å². The number of piperidine rings is 1. The predicted octanol–water partition coefficient (Wildman–Crippen LogP) is 4.42. The molecule has 0 aromatic heterocycles. The molecule has 1 aromatic carbocycles. The normalized spacial score (nSPS) is 20.7. The number of amidine groups is 1. The number of thioether (sulfide) groups is 1. The van der Waals surface area contributed by atoms with Gasteiger partial charge in [0.05, 0.1) is 16.0 Å². The van der Waals surface area contributed by atoms with E-state index >= 15 is 0 Å². The SMILES string of the molecule is CNC(=O)CN=C1NC(=O)SC1=CC1CCN(Cc2ccc(C(F)(F)F)cc2C(F)(F)F)CC1. The Labute approximate surface area is 195 Å². The molecule has 0 atom stereocenters. The Kier molecular flexibility index (Phi) is 7.96. The van der Waals surface area contributed by atoms with Crippen molar-refractivity contribution in [2.45, 2.75) is 31.7 Å². The molecule has 0 aliphatic carbocycles. The number of halogens is 6. The van der Waals surface area contributed by atoms with Gasteiger partial charge in [0, 0.05) is 13.6 Å². The molecule has 34 heavy (non-hydrogen) atoms. The van der Waals surface area contributed by atoms with Crippen molar-refractivity contribution in [2.75, 3.05) is 26.7 Å². The Morgan fingerprint density at radius 2 is 1.88 bits per heavy atom. The van der Waals surface area contributed by atoms with Crippen molar-refractivity contribution >= 4 is 28.7 Å². The van der Waals surface area contributed by atoms with Gasteiger partial charge in [-0.25, -0.2) is 0 Å².